The van der Waals surface area contributed by atoms with E-state index in [4.69, 9.17) is 0 Å². The molecule has 0 radical (unpaired) electrons. The topological polar surface area (TPSA) is 43.1 Å². The molecule has 15 heavy (non-hydrogen) atoms. The van der Waals surface area contributed by atoms with Gasteiger partial charge < -0.3 is 0 Å². The lowest BCUT2D eigenvalue weighted by Crippen LogP contribution is -2.18. The second kappa shape index (κ2) is 3.32. The number of aromatic nitrogens is 3. The Labute approximate surface area is 83.8 Å². The predicted molar refractivity (Wildman–Crippen MR) is 46.5 cm³/mol. The zero-order valence-electron chi connectivity index (χ0n) is 8.04. The second-order valence-electron chi connectivity index (χ2n) is 3.27. The molecule has 4 nitrogen and oxygen atoms in total. The Hall–Kier alpha value is -1.40. The van der Waals surface area contributed by atoms with Crippen LogP contribution in [-0.4, -0.2) is 20.6 Å². The van der Waals surface area contributed by atoms with Crippen molar-refractivity contribution in [3.8, 4) is 0 Å². The molecule has 0 fully saturated rings. The van der Waals surface area contributed by atoms with Crippen molar-refractivity contribution >= 4 is 5.71 Å². The molecule has 7 heteroatoms. The molecule has 0 aliphatic carbocycles. The third-order valence-corrected chi connectivity index (χ3v) is 2.25. The van der Waals surface area contributed by atoms with Gasteiger partial charge in [-0.2, -0.15) is 22.9 Å². The Bertz CT molecular complexity index is 405. The first-order chi connectivity index (χ1) is 7.02. The maximum Gasteiger partial charge on any atom is 0.453 e. The molecule has 2 heterocycles. The minimum Gasteiger partial charge on any atom is -0.193 e. The van der Waals surface area contributed by atoms with Gasteiger partial charge in [-0.3, -0.25) is 0 Å². The van der Waals surface area contributed by atoms with Gasteiger partial charge >= 0.3 is 6.18 Å². The van der Waals surface area contributed by atoms with E-state index >= 15 is 0 Å². The van der Waals surface area contributed by atoms with Crippen molar-refractivity contribution in [2.24, 2.45) is 5.10 Å². The lowest BCUT2D eigenvalue weighted by Gasteiger charge is -2.13. The first kappa shape index (κ1) is 10.1. The molecule has 0 saturated heterocycles. The summed E-state index contributed by atoms with van der Waals surface area (Å²) in [6.07, 6.45) is -2.72. The van der Waals surface area contributed by atoms with E-state index in [-0.39, 0.29) is 5.82 Å². The van der Waals surface area contributed by atoms with Crippen LogP contribution in [0.25, 0.3) is 0 Å². The molecule has 1 aliphatic rings. The summed E-state index contributed by atoms with van der Waals surface area (Å²) in [6.45, 7) is 1.86. The van der Waals surface area contributed by atoms with Crippen LogP contribution in [-0.2, 0) is 12.6 Å². The van der Waals surface area contributed by atoms with Gasteiger partial charge in [-0.1, -0.05) is 6.92 Å². The first-order valence-electron chi connectivity index (χ1n) is 4.60. The molecular weight excluding hydrogens is 209 g/mol. The molecule has 0 spiro atoms. The largest absolute Gasteiger partial charge is 0.453 e. The fourth-order valence-corrected chi connectivity index (χ4v) is 1.44. The van der Waals surface area contributed by atoms with Gasteiger partial charge in [0.25, 0.3) is 5.82 Å². The Morgan fingerprint density at radius 3 is 2.60 bits per heavy atom. The molecule has 1 aromatic heterocycles. The predicted octanol–water partition coefficient (Wildman–Crippen LogP) is 1.86. The zero-order valence-corrected chi connectivity index (χ0v) is 8.04. The molecule has 82 valence electrons. The number of aryl methyl sites for hydroxylation is 1. The van der Waals surface area contributed by atoms with Crippen molar-refractivity contribution in [2.75, 3.05) is 0 Å². The summed E-state index contributed by atoms with van der Waals surface area (Å²) >= 11 is 0. The van der Waals surface area contributed by atoms with Gasteiger partial charge in [0, 0.05) is 12.1 Å². The van der Waals surface area contributed by atoms with Crippen LogP contribution in [0, 0.1) is 0 Å². The Kier molecular flexibility index (Phi) is 2.24. The van der Waals surface area contributed by atoms with Gasteiger partial charge in [0.2, 0.25) is 0 Å². The summed E-state index contributed by atoms with van der Waals surface area (Å²) in [7, 11) is 0. The average Bonchev–Trinajstić information content (AvgIpc) is 2.59. The highest BCUT2D eigenvalue weighted by Gasteiger charge is 2.39. The molecule has 2 rings (SSSR count). The SMILES string of the molecule is CCC1=Nn2c(nnc2C(F)(F)F)CC1. The second-order valence-corrected chi connectivity index (χ2v) is 3.27. The van der Waals surface area contributed by atoms with E-state index < -0.39 is 12.0 Å². The van der Waals surface area contributed by atoms with Crippen molar-refractivity contribution in [2.45, 2.75) is 32.4 Å². The summed E-state index contributed by atoms with van der Waals surface area (Å²) in [5.74, 6) is -0.761. The molecular formula is C8H9F3N4. The number of alkyl halides is 3. The molecule has 0 atom stereocenters. The van der Waals surface area contributed by atoms with Crippen LogP contribution in [0.1, 0.15) is 31.4 Å². The van der Waals surface area contributed by atoms with E-state index in [1.807, 2.05) is 6.92 Å². The number of hydrogen-bond acceptors (Lipinski definition) is 3. The van der Waals surface area contributed by atoms with Crippen molar-refractivity contribution in [1.29, 1.82) is 0 Å². The van der Waals surface area contributed by atoms with Crippen molar-refractivity contribution in [1.82, 2.24) is 14.9 Å². The van der Waals surface area contributed by atoms with E-state index in [9.17, 15) is 13.2 Å². The fraction of sp³-hybridized carbons (Fsp3) is 0.625. The lowest BCUT2D eigenvalue weighted by atomic mass is 10.1. The standard InChI is InChI=1S/C8H9F3N4/c1-2-5-3-4-6-12-13-7(8(9,10)11)15(6)14-5/h2-4H2,1H3. The molecule has 1 aliphatic heterocycles. The maximum atomic E-state index is 12.4. The van der Waals surface area contributed by atoms with E-state index in [0.717, 1.165) is 10.4 Å². The Morgan fingerprint density at radius 2 is 2.00 bits per heavy atom. The summed E-state index contributed by atoms with van der Waals surface area (Å²) in [5.41, 5.74) is 0.743. The van der Waals surface area contributed by atoms with Crippen LogP contribution in [0.2, 0.25) is 0 Å². The smallest absolute Gasteiger partial charge is 0.193 e. The summed E-state index contributed by atoms with van der Waals surface area (Å²) in [6, 6.07) is 0. The number of hydrogen-bond donors (Lipinski definition) is 0. The third-order valence-electron chi connectivity index (χ3n) is 2.25. The summed E-state index contributed by atoms with van der Waals surface area (Å²) in [4.78, 5) is 0. The van der Waals surface area contributed by atoms with Crippen molar-refractivity contribution < 1.29 is 13.2 Å². The van der Waals surface area contributed by atoms with E-state index in [2.05, 4.69) is 15.3 Å². The van der Waals surface area contributed by atoms with Crippen LogP contribution in [0.5, 0.6) is 0 Å². The van der Waals surface area contributed by atoms with Gasteiger partial charge in [-0.15, -0.1) is 10.2 Å². The highest BCUT2D eigenvalue weighted by atomic mass is 19.4. The van der Waals surface area contributed by atoms with Crippen LogP contribution in [0.4, 0.5) is 13.2 Å². The van der Waals surface area contributed by atoms with Crippen LogP contribution >= 0.6 is 0 Å². The number of halogens is 3. The van der Waals surface area contributed by atoms with Gasteiger partial charge in [0.05, 0.1) is 0 Å². The monoisotopic (exact) mass is 218 g/mol. The number of rotatable bonds is 1. The molecule has 0 saturated carbocycles. The van der Waals surface area contributed by atoms with Gasteiger partial charge in [0.1, 0.15) is 0 Å². The molecule has 0 aromatic carbocycles. The number of nitrogens with zero attached hydrogens (tertiary/aromatic N) is 4. The van der Waals surface area contributed by atoms with Gasteiger partial charge in [-0.05, 0) is 12.8 Å². The molecule has 0 unspecified atom stereocenters. The highest BCUT2D eigenvalue weighted by Crippen LogP contribution is 2.29. The van der Waals surface area contributed by atoms with Gasteiger partial charge in [-0.25, -0.2) is 0 Å². The van der Waals surface area contributed by atoms with E-state index in [0.29, 0.717) is 19.3 Å². The quantitative estimate of drug-likeness (QED) is 0.722. The lowest BCUT2D eigenvalue weighted by molar-refractivity contribution is -0.147. The zero-order chi connectivity index (χ0) is 11.1. The Balaban J connectivity index is 2.48. The first-order valence-corrected chi connectivity index (χ1v) is 4.60. The average molecular weight is 218 g/mol. The minimum absolute atomic E-state index is 0.277. The third kappa shape index (κ3) is 1.73. The fourth-order valence-electron chi connectivity index (χ4n) is 1.44. The molecule has 1 aromatic rings. The van der Waals surface area contributed by atoms with Crippen molar-refractivity contribution in [3.63, 3.8) is 0 Å². The van der Waals surface area contributed by atoms with Crippen molar-refractivity contribution in [3.05, 3.63) is 11.6 Å². The normalized spacial score (nSPS) is 16.1. The van der Waals surface area contributed by atoms with Gasteiger partial charge in [0.15, 0.2) is 5.82 Å². The summed E-state index contributed by atoms with van der Waals surface area (Å²) in [5, 5.41) is 10.5. The maximum absolute atomic E-state index is 12.4. The molecule has 0 N–H and O–H groups in total. The van der Waals surface area contributed by atoms with Crippen LogP contribution in [0.15, 0.2) is 5.10 Å². The Morgan fingerprint density at radius 1 is 1.27 bits per heavy atom. The highest BCUT2D eigenvalue weighted by molar-refractivity contribution is 5.84. The minimum atomic E-state index is -4.50. The van der Waals surface area contributed by atoms with E-state index in [1.54, 1.807) is 0 Å². The molecule has 0 bridgehead atoms. The number of fused-ring (bicyclic) bond motifs is 1. The van der Waals surface area contributed by atoms with Crippen LogP contribution in [0.3, 0.4) is 0 Å². The van der Waals surface area contributed by atoms with Crippen LogP contribution < -0.4 is 0 Å². The molecule has 0 amide bonds. The van der Waals surface area contributed by atoms with E-state index in [1.165, 1.54) is 0 Å². The summed E-state index contributed by atoms with van der Waals surface area (Å²) < 4.78 is 38.2.